The van der Waals surface area contributed by atoms with Crippen LogP contribution in [0.5, 0.6) is 0 Å². The van der Waals surface area contributed by atoms with Crippen molar-refractivity contribution in [3.05, 3.63) is 23.7 Å². The van der Waals surface area contributed by atoms with Crippen LogP contribution in [0.1, 0.15) is 37.5 Å². The molecule has 2 rings (SSSR count). The Labute approximate surface area is 79.3 Å². The summed E-state index contributed by atoms with van der Waals surface area (Å²) in [6.07, 6.45) is 2.98. The van der Waals surface area contributed by atoms with Gasteiger partial charge in [-0.25, -0.2) is 0 Å². The Balaban J connectivity index is 2.22. The van der Waals surface area contributed by atoms with Crippen molar-refractivity contribution in [3.8, 4) is 0 Å². The molecular formula is C11H17NO. The zero-order chi connectivity index (χ0) is 9.42. The first-order chi connectivity index (χ1) is 6.18. The van der Waals surface area contributed by atoms with E-state index in [9.17, 15) is 0 Å². The van der Waals surface area contributed by atoms with Gasteiger partial charge in [0, 0.05) is 18.0 Å². The van der Waals surface area contributed by atoms with E-state index < -0.39 is 0 Å². The molecule has 0 aromatic carbocycles. The van der Waals surface area contributed by atoms with Gasteiger partial charge in [0.05, 0.1) is 6.26 Å². The third kappa shape index (κ3) is 1.51. The van der Waals surface area contributed by atoms with Gasteiger partial charge in [0.1, 0.15) is 5.76 Å². The predicted molar refractivity (Wildman–Crippen MR) is 52.9 cm³/mol. The molecule has 1 saturated heterocycles. The quantitative estimate of drug-likeness (QED) is 0.716. The summed E-state index contributed by atoms with van der Waals surface area (Å²) < 4.78 is 5.53. The normalized spacial score (nSPS) is 33.9. The van der Waals surface area contributed by atoms with Crippen molar-refractivity contribution < 1.29 is 4.42 Å². The van der Waals surface area contributed by atoms with Gasteiger partial charge in [0.15, 0.2) is 0 Å². The molecule has 3 unspecified atom stereocenters. The molecule has 1 aliphatic rings. The van der Waals surface area contributed by atoms with Crippen molar-refractivity contribution in [1.82, 2.24) is 5.32 Å². The highest BCUT2D eigenvalue weighted by Crippen LogP contribution is 2.32. The number of rotatable bonds is 1. The Bertz CT molecular complexity index is 292. The minimum Gasteiger partial charge on any atom is -0.469 e. The molecule has 3 atom stereocenters. The summed E-state index contributed by atoms with van der Waals surface area (Å²) in [5, 5.41) is 3.52. The summed E-state index contributed by atoms with van der Waals surface area (Å²) in [6, 6.07) is 3.20. The lowest BCUT2D eigenvalue weighted by Crippen LogP contribution is -2.26. The summed E-state index contributed by atoms with van der Waals surface area (Å²) in [7, 11) is 0. The van der Waals surface area contributed by atoms with Crippen LogP contribution in [0.4, 0.5) is 0 Å². The average Bonchev–Trinajstić information content (AvgIpc) is 2.58. The highest BCUT2D eigenvalue weighted by Gasteiger charge is 2.31. The van der Waals surface area contributed by atoms with E-state index in [1.165, 1.54) is 17.7 Å². The molecule has 1 aliphatic heterocycles. The van der Waals surface area contributed by atoms with Crippen molar-refractivity contribution in [2.24, 2.45) is 0 Å². The maximum Gasteiger partial charge on any atom is 0.111 e. The lowest BCUT2D eigenvalue weighted by atomic mass is 9.95. The van der Waals surface area contributed by atoms with E-state index >= 15 is 0 Å². The van der Waals surface area contributed by atoms with Gasteiger partial charge in [-0.3, -0.25) is 0 Å². The van der Waals surface area contributed by atoms with E-state index in [-0.39, 0.29) is 0 Å². The molecule has 0 spiro atoms. The second kappa shape index (κ2) is 3.18. The minimum absolute atomic E-state index is 0.542. The van der Waals surface area contributed by atoms with Gasteiger partial charge >= 0.3 is 0 Å². The van der Waals surface area contributed by atoms with Crippen LogP contribution in [0.3, 0.4) is 0 Å². The zero-order valence-corrected chi connectivity index (χ0v) is 8.50. The summed E-state index contributed by atoms with van der Waals surface area (Å²) in [6.45, 7) is 6.58. The fraction of sp³-hybridized carbons (Fsp3) is 0.636. The Morgan fingerprint density at radius 1 is 1.46 bits per heavy atom. The molecule has 0 bridgehead atoms. The molecule has 2 heteroatoms. The van der Waals surface area contributed by atoms with Crippen molar-refractivity contribution in [2.45, 2.75) is 45.2 Å². The monoisotopic (exact) mass is 179 g/mol. The molecule has 0 amide bonds. The molecule has 1 fully saturated rings. The van der Waals surface area contributed by atoms with Gasteiger partial charge in [-0.05, 0) is 38.8 Å². The summed E-state index contributed by atoms with van der Waals surface area (Å²) in [5.41, 5.74) is 1.28. The van der Waals surface area contributed by atoms with Crippen LogP contribution < -0.4 is 5.32 Å². The Morgan fingerprint density at radius 3 is 2.69 bits per heavy atom. The summed E-state index contributed by atoms with van der Waals surface area (Å²) in [4.78, 5) is 0. The highest BCUT2D eigenvalue weighted by molar-refractivity contribution is 5.22. The van der Waals surface area contributed by atoms with Crippen molar-refractivity contribution >= 4 is 0 Å². The molecule has 1 aromatic heterocycles. The average molecular weight is 179 g/mol. The number of nitrogens with one attached hydrogen (secondary N) is 1. The first-order valence-electron chi connectivity index (χ1n) is 4.98. The van der Waals surface area contributed by atoms with Gasteiger partial charge < -0.3 is 9.73 Å². The van der Waals surface area contributed by atoms with Crippen LogP contribution >= 0.6 is 0 Å². The third-order valence-electron chi connectivity index (χ3n) is 3.00. The first-order valence-corrected chi connectivity index (χ1v) is 4.98. The predicted octanol–water partition coefficient (Wildman–Crippen LogP) is 2.44. The Morgan fingerprint density at radius 2 is 2.23 bits per heavy atom. The van der Waals surface area contributed by atoms with Crippen LogP contribution in [0, 0.1) is 6.92 Å². The zero-order valence-electron chi connectivity index (χ0n) is 8.50. The Kier molecular flexibility index (Phi) is 2.16. The smallest absolute Gasteiger partial charge is 0.111 e. The SMILES string of the molecule is Cc1ccoc1C1CC(C)NC1C. The van der Waals surface area contributed by atoms with E-state index in [2.05, 4.69) is 26.1 Å². The van der Waals surface area contributed by atoms with Crippen LogP contribution in [0.15, 0.2) is 16.7 Å². The number of hydrogen-bond donors (Lipinski definition) is 1. The molecule has 0 aliphatic carbocycles. The lowest BCUT2D eigenvalue weighted by Gasteiger charge is -2.12. The molecule has 2 heterocycles. The first kappa shape index (κ1) is 8.82. The number of aryl methyl sites for hydroxylation is 1. The van der Waals surface area contributed by atoms with Gasteiger partial charge in [0.2, 0.25) is 0 Å². The maximum atomic E-state index is 5.53. The maximum absolute atomic E-state index is 5.53. The number of furan rings is 1. The van der Waals surface area contributed by atoms with E-state index in [0.717, 1.165) is 0 Å². The summed E-state index contributed by atoms with van der Waals surface area (Å²) >= 11 is 0. The van der Waals surface area contributed by atoms with Crippen molar-refractivity contribution in [3.63, 3.8) is 0 Å². The van der Waals surface area contributed by atoms with E-state index in [4.69, 9.17) is 4.42 Å². The van der Waals surface area contributed by atoms with E-state index in [1.54, 1.807) is 6.26 Å². The Hall–Kier alpha value is -0.760. The van der Waals surface area contributed by atoms with Gasteiger partial charge in [-0.15, -0.1) is 0 Å². The fourth-order valence-electron chi connectivity index (χ4n) is 2.32. The molecule has 1 N–H and O–H groups in total. The molecule has 2 nitrogen and oxygen atoms in total. The molecule has 72 valence electrons. The van der Waals surface area contributed by atoms with E-state index in [0.29, 0.717) is 18.0 Å². The molecular weight excluding hydrogens is 162 g/mol. The number of hydrogen-bond acceptors (Lipinski definition) is 2. The van der Waals surface area contributed by atoms with Gasteiger partial charge in [-0.1, -0.05) is 0 Å². The second-order valence-electron chi connectivity index (χ2n) is 4.17. The lowest BCUT2D eigenvalue weighted by molar-refractivity contribution is 0.439. The minimum atomic E-state index is 0.542. The van der Waals surface area contributed by atoms with Crippen LogP contribution in [0.25, 0.3) is 0 Å². The molecule has 0 saturated carbocycles. The standard InChI is InChI=1S/C11H17NO/c1-7-4-5-13-11(7)10-6-8(2)12-9(10)3/h4-5,8-10,12H,6H2,1-3H3. The van der Waals surface area contributed by atoms with Crippen LogP contribution in [-0.2, 0) is 0 Å². The van der Waals surface area contributed by atoms with Crippen LogP contribution in [-0.4, -0.2) is 12.1 Å². The molecule has 1 aromatic rings. The molecule has 0 radical (unpaired) electrons. The van der Waals surface area contributed by atoms with Crippen LogP contribution in [0.2, 0.25) is 0 Å². The highest BCUT2D eigenvalue weighted by atomic mass is 16.3. The second-order valence-corrected chi connectivity index (χ2v) is 4.17. The third-order valence-corrected chi connectivity index (χ3v) is 3.00. The fourth-order valence-corrected chi connectivity index (χ4v) is 2.32. The van der Waals surface area contributed by atoms with Crippen molar-refractivity contribution in [1.29, 1.82) is 0 Å². The topological polar surface area (TPSA) is 25.2 Å². The van der Waals surface area contributed by atoms with E-state index in [1.807, 2.05) is 6.07 Å². The van der Waals surface area contributed by atoms with Gasteiger partial charge in [0.25, 0.3) is 0 Å². The summed E-state index contributed by atoms with van der Waals surface area (Å²) in [5.74, 6) is 1.73. The molecule has 13 heavy (non-hydrogen) atoms. The van der Waals surface area contributed by atoms with Crippen molar-refractivity contribution in [2.75, 3.05) is 0 Å². The van der Waals surface area contributed by atoms with Gasteiger partial charge in [-0.2, -0.15) is 0 Å². The largest absolute Gasteiger partial charge is 0.469 e.